The average Bonchev–Trinajstić information content (AvgIpc) is 2.98. The number of thioether (sulfide) groups is 1. The molecule has 2 aromatic rings. The Morgan fingerprint density at radius 3 is 2.79 bits per heavy atom. The zero-order valence-corrected chi connectivity index (χ0v) is 12.9. The molecule has 19 heavy (non-hydrogen) atoms. The highest BCUT2D eigenvalue weighted by Gasteiger charge is 2.18. The van der Waals surface area contributed by atoms with Gasteiger partial charge in [-0.1, -0.05) is 0 Å². The molecule has 0 atom stereocenters. The number of aromatic nitrogens is 1. The van der Waals surface area contributed by atoms with Crippen LogP contribution in [0.15, 0.2) is 15.9 Å². The normalized spacial score (nSPS) is 16.9. The van der Waals surface area contributed by atoms with Crippen LogP contribution in [-0.2, 0) is 6.54 Å². The number of aryl methyl sites for hydroxylation is 2. The van der Waals surface area contributed by atoms with Gasteiger partial charge in [0, 0.05) is 31.1 Å². The fourth-order valence-electron chi connectivity index (χ4n) is 2.23. The van der Waals surface area contributed by atoms with E-state index in [0.717, 1.165) is 41.9 Å². The summed E-state index contributed by atoms with van der Waals surface area (Å²) in [6.45, 7) is 7.36. The number of oxazole rings is 1. The third-order valence-electron chi connectivity index (χ3n) is 3.43. The topological polar surface area (TPSA) is 29.3 Å². The Morgan fingerprint density at radius 1 is 1.32 bits per heavy atom. The van der Waals surface area contributed by atoms with Crippen molar-refractivity contribution in [1.29, 1.82) is 0 Å². The van der Waals surface area contributed by atoms with Gasteiger partial charge in [-0.15, -0.1) is 11.3 Å². The lowest BCUT2D eigenvalue weighted by atomic mass is 10.3. The van der Waals surface area contributed by atoms with Crippen LogP contribution in [0.25, 0.3) is 10.8 Å². The fourth-order valence-corrected chi connectivity index (χ4v) is 4.06. The molecular formula is C14H18N2OS2. The van der Waals surface area contributed by atoms with E-state index in [-0.39, 0.29) is 0 Å². The van der Waals surface area contributed by atoms with Crippen molar-refractivity contribution >= 4 is 23.1 Å². The van der Waals surface area contributed by atoms with E-state index in [9.17, 15) is 0 Å². The van der Waals surface area contributed by atoms with E-state index >= 15 is 0 Å². The molecule has 0 radical (unpaired) electrons. The Balaban J connectivity index is 1.79. The maximum atomic E-state index is 5.85. The molecule has 1 aliphatic heterocycles. The third kappa shape index (κ3) is 2.88. The van der Waals surface area contributed by atoms with Crippen molar-refractivity contribution in [2.24, 2.45) is 0 Å². The molecule has 0 unspecified atom stereocenters. The molecule has 0 N–H and O–H groups in total. The largest absolute Gasteiger partial charge is 0.440 e. The quantitative estimate of drug-likeness (QED) is 0.865. The first-order chi connectivity index (χ1) is 9.24. The van der Waals surface area contributed by atoms with E-state index in [1.165, 1.54) is 17.1 Å². The molecule has 1 aliphatic rings. The summed E-state index contributed by atoms with van der Waals surface area (Å²) in [6, 6.07) is 2.11. The van der Waals surface area contributed by atoms with Crippen molar-refractivity contribution in [2.75, 3.05) is 24.6 Å². The van der Waals surface area contributed by atoms with Crippen LogP contribution < -0.4 is 0 Å². The van der Waals surface area contributed by atoms with Gasteiger partial charge in [0.25, 0.3) is 0 Å². The molecule has 1 saturated heterocycles. The second-order valence-corrected chi connectivity index (χ2v) is 6.98. The maximum absolute atomic E-state index is 5.85. The van der Waals surface area contributed by atoms with Crippen LogP contribution in [-0.4, -0.2) is 34.5 Å². The summed E-state index contributed by atoms with van der Waals surface area (Å²) in [5, 5.41) is 2.09. The fraction of sp³-hybridized carbons (Fsp3) is 0.500. The molecule has 0 aromatic carbocycles. The van der Waals surface area contributed by atoms with Crippen LogP contribution in [0.2, 0.25) is 0 Å². The molecule has 0 amide bonds. The molecule has 0 bridgehead atoms. The number of nitrogens with zero attached hydrogens (tertiary/aromatic N) is 2. The highest BCUT2D eigenvalue weighted by atomic mass is 32.2. The second kappa shape index (κ2) is 5.69. The minimum Gasteiger partial charge on any atom is -0.440 e. The lowest BCUT2D eigenvalue weighted by molar-refractivity contribution is 0.289. The highest BCUT2D eigenvalue weighted by molar-refractivity contribution is 7.99. The third-order valence-corrected chi connectivity index (χ3v) is 5.37. The summed E-state index contributed by atoms with van der Waals surface area (Å²) in [5.74, 6) is 4.20. The average molecular weight is 294 g/mol. The molecule has 102 valence electrons. The molecule has 3 rings (SSSR count). The standard InChI is InChI=1S/C14H18N2OS2/c1-10-3-6-19-13(10)14-15-12(11(2)17-14)9-16-4-7-18-8-5-16/h3,6H,4-5,7-9H2,1-2H3. The first-order valence-corrected chi connectivity index (χ1v) is 8.58. The molecule has 0 saturated carbocycles. The molecule has 5 heteroatoms. The summed E-state index contributed by atoms with van der Waals surface area (Å²) in [7, 11) is 0. The Labute approximate surface area is 122 Å². The summed E-state index contributed by atoms with van der Waals surface area (Å²) < 4.78 is 5.85. The van der Waals surface area contributed by atoms with Crippen LogP contribution in [0.4, 0.5) is 0 Å². The molecule has 0 aliphatic carbocycles. The zero-order chi connectivity index (χ0) is 13.2. The molecule has 2 aromatic heterocycles. The monoisotopic (exact) mass is 294 g/mol. The van der Waals surface area contributed by atoms with Crippen LogP contribution in [0.3, 0.4) is 0 Å². The SMILES string of the molecule is Cc1ccsc1-c1nc(CN2CCSCC2)c(C)o1. The van der Waals surface area contributed by atoms with Gasteiger partial charge in [0.05, 0.1) is 10.6 Å². The van der Waals surface area contributed by atoms with Gasteiger partial charge in [-0.25, -0.2) is 4.98 Å². The Bertz CT molecular complexity index is 556. The van der Waals surface area contributed by atoms with Crippen LogP contribution in [0.1, 0.15) is 17.0 Å². The first-order valence-electron chi connectivity index (χ1n) is 6.55. The van der Waals surface area contributed by atoms with E-state index in [1.54, 1.807) is 11.3 Å². The highest BCUT2D eigenvalue weighted by Crippen LogP contribution is 2.30. The van der Waals surface area contributed by atoms with Gasteiger partial charge >= 0.3 is 0 Å². The van der Waals surface area contributed by atoms with E-state index in [0.29, 0.717) is 0 Å². The van der Waals surface area contributed by atoms with Crippen molar-refractivity contribution in [3.8, 4) is 10.8 Å². The zero-order valence-electron chi connectivity index (χ0n) is 11.3. The minimum atomic E-state index is 0.784. The Morgan fingerprint density at radius 2 is 2.11 bits per heavy atom. The predicted octanol–water partition coefficient (Wildman–Crippen LogP) is 3.57. The number of rotatable bonds is 3. The first kappa shape index (κ1) is 13.2. The summed E-state index contributed by atoms with van der Waals surface area (Å²) in [4.78, 5) is 8.32. The molecule has 1 fully saturated rings. The van der Waals surface area contributed by atoms with Crippen LogP contribution in [0, 0.1) is 13.8 Å². The number of hydrogen-bond donors (Lipinski definition) is 0. The Hall–Kier alpha value is -0.780. The van der Waals surface area contributed by atoms with E-state index in [4.69, 9.17) is 9.40 Å². The lowest BCUT2D eigenvalue weighted by Gasteiger charge is -2.25. The molecule has 0 spiro atoms. The summed E-state index contributed by atoms with van der Waals surface area (Å²) >= 11 is 3.73. The van der Waals surface area contributed by atoms with Crippen molar-refractivity contribution in [3.05, 3.63) is 28.5 Å². The van der Waals surface area contributed by atoms with Crippen molar-refractivity contribution < 1.29 is 4.42 Å². The molecular weight excluding hydrogens is 276 g/mol. The van der Waals surface area contributed by atoms with E-state index in [1.807, 2.05) is 18.7 Å². The smallest absolute Gasteiger partial charge is 0.237 e. The van der Waals surface area contributed by atoms with Crippen molar-refractivity contribution in [2.45, 2.75) is 20.4 Å². The predicted molar refractivity (Wildman–Crippen MR) is 81.9 cm³/mol. The van der Waals surface area contributed by atoms with Crippen molar-refractivity contribution in [3.63, 3.8) is 0 Å². The van der Waals surface area contributed by atoms with Gasteiger partial charge in [0.2, 0.25) is 5.89 Å². The maximum Gasteiger partial charge on any atom is 0.237 e. The van der Waals surface area contributed by atoms with Gasteiger partial charge < -0.3 is 4.42 Å². The van der Waals surface area contributed by atoms with Crippen LogP contribution >= 0.6 is 23.1 Å². The van der Waals surface area contributed by atoms with Crippen molar-refractivity contribution in [1.82, 2.24) is 9.88 Å². The lowest BCUT2D eigenvalue weighted by Crippen LogP contribution is -2.32. The van der Waals surface area contributed by atoms with Gasteiger partial charge in [0.1, 0.15) is 5.76 Å². The van der Waals surface area contributed by atoms with Gasteiger partial charge in [0.15, 0.2) is 0 Å². The summed E-state index contributed by atoms with van der Waals surface area (Å²) in [5.41, 5.74) is 2.34. The summed E-state index contributed by atoms with van der Waals surface area (Å²) in [6.07, 6.45) is 0. The second-order valence-electron chi connectivity index (χ2n) is 4.84. The molecule has 3 nitrogen and oxygen atoms in total. The number of hydrogen-bond acceptors (Lipinski definition) is 5. The molecule has 3 heterocycles. The minimum absolute atomic E-state index is 0.784. The van der Waals surface area contributed by atoms with Gasteiger partial charge in [-0.2, -0.15) is 11.8 Å². The van der Waals surface area contributed by atoms with E-state index < -0.39 is 0 Å². The van der Waals surface area contributed by atoms with Crippen LogP contribution in [0.5, 0.6) is 0 Å². The van der Waals surface area contributed by atoms with Gasteiger partial charge in [-0.05, 0) is 30.9 Å². The number of thiophene rings is 1. The Kier molecular flexibility index (Phi) is 3.96. The van der Waals surface area contributed by atoms with E-state index in [2.05, 4.69) is 23.3 Å². The van der Waals surface area contributed by atoms with Gasteiger partial charge in [-0.3, -0.25) is 4.90 Å².